The van der Waals surface area contributed by atoms with Crippen molar-refractivity contribution in [3.05, 3.63) is 53.5 Å². The van der Waals surface area contributed by atoms with Gasteiger partial charge < -0.3 is 19.6 Å². The first kappa shape index (κ1) is 18.7. The number of halogens is 1. The summed E-state index contributed by atoms with van der Waals surface area (Å²) in [6.45, 7) is 0.396. The number of anilines is 1. The zero-order valence-electron chi connectivity index (χ0n) is 15.3. The predicted octanol–water partition coefficient (Wildman–Crippen LogP) is 3.57. The van der Waals surface area contributed by atoms with E-state index < -0.39 is 5.54 Å². The van der Waals surface area contributed by atoms with Crippen LogP contribution in [-0.2, 0) is 23.3 Å². The summed E-state index contributed by atoms with van der Waals surface area (Å²) >= 11 is 0. The number of hydrogen-bond donors (Lipinski definition) is 1. The second-order valence-corrected chi connectivity index (χ2v) is 7.35. The smallest absolute Gasteiger partial charge is 0.294 e. The monoisotopic (exact) mass is 400 g/mol. The van der Waals surface area contributed by atoms with Gasteiger partial charge in [-0.15, -0.1) is 12.4 Å². The molecule has 7 nitrogen and oxygen atoms in total. The first-order valence-electron chi connectivity index (χ1n) is 9.22. The largest absolute Gasteiger partial charge is 0.459 e. The zero-order chi connectivity index (χ0) is 18.4. The second-order valence-electron chi connectivity index (χ2n) is 7.35. The van der Waals surface area contributed by atoms with Gasteiger partial charge >= 0.3 is 0 Å². The molecule has 2 N–H and O–H groups in total. The average molecular weight is 401 g/mol. The SMILES string of the molecule is Cl.NC1(c2noc(-c3occc3CN3C(=O)Cc4ccccc43)n2)CCCC1. The minimum absolute atomic E-state index is 0. The van der Waals surface area contributed by atoms with Gasteiger partial charge in [0.05, 0.1) is 24.8 Å². The second kappa shape index (κ2) is 7.07. The Morgan fingerprint density at radius 3 is 2.79 bits per heavy atom. The summed E-state index contributed by atoms with van der Waals surface area (Å²) in [5.41, 5.74) is 8.71. The van der Waals surface area contributed by atoms with Gasteiger partial charge in [-0.1, -0.05) is 36.2 Å². The Hall–Kier alpha value is -2.64. The number of nitrogens with zero attached hydrogens (tertiary/aromatic N) is 3. The van der Waals surface area contributed by atoms with Gasteiger partial charge in [-0.3, -0.25) is 4.79 Å². The number of furan rings is 1. The maximum absolute atomic E-state index is 12.5. The topological polar surface area (TPSA) is 98.4 Å². The Balaban J connectivity index is 0.00000192. The van der Waals surface area contributed by atoms with E-state index in [-0.39, 0.29) is 18.3 Å². The molecule has 1 aliphatic carbocycles. The predicted molar refractivity (Wildman–Crippen MR) is 105 cm³/mol. The van der Waals surface area contributed by atoms with Gasteiger partial charge in [0.15, 0.2) is 11.6 Å². The fourth-order valence-electron chi connectivity index (χ4n) is 4.06. The van der Waals surface area contributed by atoms with Crippen LogP contribution in [0.25, 0.3) is 11.7 Å². The van der Waals surface area contributed by atoms with Crippen LogP contribution < -0.4 is 10.6 Å². The van der Waals surface area contributed by atoms with Crippen molar-refractivity contribution in [3.63, 3.8) is 0 Å². The summed E-state index contributed by atoms with van der Waals surface area (Å²) in [7, 11) is 0. The molecule has 2 aliphatic rings. The molecule has 0 atom stereocenters. The minimum Gasteiger partial charge on any atom is -0.459 e. The molecule has 0 unspecified atom stereocenters. The van der Waals surface area contributed by atoms with Crippen LogP contribution in [0.5, 0.6) is 0 Å². The molecule has 0 radical (unpaired) electrons. The molecule has 1 saturated carbocycles. The summed E-state index contributed by atoms with van der Waals surface area (Å²) in [4.78, 5) is 18.7. The van der Waals surface area contributed by atoms with Crippen molar-refractivity contribution >= 4 is 24.0 Å². The van der Waals surface area contributed by atoms with Gasteiger partial charge in [-0.2, -0.15) is 4.98 Å². The van der Waals surface area contributed by atoms with Crippen LogP contribution in [0.1, 0.15) is 42.6 Å². The van der Waals surface area contributed by atoms with Gasteiger partial charge in [0.25, 0.3) is 5.89 Å². The Morgan fingerprint density at radius 1 is 1.18 bits per heavy atom. The lowest BCUT2D eigenvalue weighted by Crippen LogP contribution is -2.34. The fraction of sp³-hybridized carbons (Fsp3) is 0.350. The van der Waals surface area contributed by atoms with Crippen LogP contribution >= 0.6 is 12.4 Å². The molecular weight excluding hydrogens is 380 g/mol. The van der Waals surface area contributed by atoms with E-state index in [1.54, 1.807) is 11.2 Å². The number of carbonyl (C=O) groups is 1. The molecule has 0 spiro atoms. The molecule has 8 heteroatoms. The molecule has 1 amide bonds. The zero-order valence-corrected chi connectivity index (χ0v) is 16.1. The lowest BCUT2D eigenvalue weighted by Gasteiger charge is -2.17. The number of benzene rings is 1. The van der Waals surface area contributed by atoms with E-state index in [4.69, 9.17) is 14.7 Å². The summed E-state index contributed by atoms with van der Waals surface area (Å²) in [6, 6.07) is 9.66. The van der Waals surface area contributed by atoms with Crippen molar-refractivity contribution in [3.8, 4) is 11.7 Å². The van der Waals surface area contributed by atoms with Crippen molar-refractivity contribution in [1.82, 2.24) is 10.1 Å². The fourth-order valence-corrected chi connectivity index (χ4v) is 4.06. The van der Waals surface area contributed by atoms with Crippen LogP contribution in [0.2, 0.25) is 0 Å². The average Bonchev–Trinajstić information content (AvgIpc) is 3.43. The van der Waals surface area contributed by atoms with Crippen molar-refractivity contribution < 1.29 is 13.7 Å². The van der Waals surface area contributed by atoms with E-state index in [1.165, 1.54) is 0 Å². The highest BCUT2D eigenvalue weighted by molar-refractivity contribution is 6.01. The van der Waals surface area contributed by atoms with E-state index in [1.807, 2.05) is 30.3 Å². The van der Waals surface area contributed by atoms with Crippen LogP contribution in [0.15, 0.2) is 45.5 Å². The first-order valence-corrected chi connectivity index (χ1v) is 9.22. The number of para-hydroxylation sites is 1. The molecule has 0 saturated heterocycles. The Bertz CT molecular complexity index is 1010. The van der Waals surface area contributed by atoms with Gasteiger partial charge in [-0.25, -0.2) is 0 Å². The third kappa shape index (κ3) is 3.00. The van der Waals surface area contributed by atoms with Crippen molar-refractivity contribution in [1.29, 1.82) is 0 Å². The Labute approximate surface area is 168 Å². The van der Waals surface area contributed by atoms with Gasteiger partial charge in [0.2, 0.25) is 5.91 Å². The molecule has 3 aromatic rings. The van der Waals surface area contributed by atoms with Crippen LogP contribution in [-0.4, -0.2) is 16.0 Å². The van der Waals surface area contributed by atoms with E-state index in [0.717, 1.165) is 42.5 Å². The molecule has 1 aliphatic heterocycles. The molecular formula is C20H21ClN4O3. The van der Waals surface area contributed by atoms with Gasteiger partial charge in [0.1, 0.15) is 0 Å². The number of nitrogens with two attached hydrogens (primary N) is 1. The van der Waals surface area contributed by atoms with Gasteiger partial charge in [0, 0.05) is 11.3 Å². The minimum atomic E-state index is -0.516. The highest BCUT2D eigenvalue weighted by atomic mass is 35.5. The molecule has 5 rings (SSSR count). The van der Waals surface area contributed by atoms with Crippen molar-refractivity contribution in [2.24, 2.45) is 5.73 Å². The molecule has 3 heterocycles. The number of fused-ring (bicyclic) bond motifs is 1. The summed E-state index contributed by atoms with van der Waals surface area (Å²) in [5.74, 6) is 1.40. The Kier molecular flexibility index (Phi) is 4.72. The first-order chi connectivity index (χ1) is 13.1. The molecule has 1 aromatic carbocycles. The van der Waals surface area contributed by atoms with Crippen LogP contribution in [0.3, 0.4) is 0 Å². The van der Waals surface area contributed by atoms with Crippen LogP contribution in [0.4, 0.5) is 5.69 Å². The van der Waals surface area contributed by atoms with Crippen molar-refractivity contribution in [2.75, 3.05) is 4.90 Å². The number of hydrogen-bond acceptors (Lipinski definition) is 6. The number of aromatic nitrogens is 2. The number of amides is 1. The molecule has 0 bridgehead atoms. The van der Waals surface area contributed by atoms with E-state index in [9.17, 15) is 4.79 Å². The summed E-state index contributed by atoms with van der Waals surface area (Å²) in [5, 5.41) is 4.10. The molecule has 1 fully saturated rings. The third-order valence-electron chi connectivity index (χ3n) is 5.56. The van der Waals surface area contributed by atoms with E-state index >= 15 is 0 Å². The van der Waals surface area contributed by atoms with E-state index in [2.05, 4.69) is 10.1 Å². The lowest BCUT2D eigenvalue weighted by molar-refractivity contribution is -0.117. The standard InChI is InChI=1S/C20H20N4O3.ClH/c21-20(8-3-4-9-20)19-22-18(27-23-19)17-14(7-10-26-17)12-24-15-6-2-1-5-13(15)11-16(24)25;/h1-2,5-7,10H,3-4,8-9,11-12,21H2;1H. The number of carbonyl (C=O) groups excluding carboxylic acids is 1. The molecule has 2 aromatic heterocycles. The molecule has 28 heavy (non-hydrogen) atoms. The lowest BCUT2D eigenvalue weighted by atomic mass is 9.99. The van der Waals surface area contributed by atoms with Gasteiger partial charge in [-0.05, 0) is 30.5 Å². The normalized spacial score (nSPS) is 17.6. The summed E-state index contributed by atoms with van der Waals surface area (Å²) in [6.07, 6.45) is 5.86. The maximum Gasteiger partial charge on any atom is 0.294 e. The van der Waals surface area contributed by atoms with Crippen LogP contribution in [0, 0.1) is 0 Å². The van der Waals surface area contributed by atoms with E-state index in [0.29, 0.717) is 30.4 Å². The third-order valence-corrected chi connectivity index (χ3v) is 5.56. The highest BCUT2D eigenvalue weighted by Crippen LogP contribution is 2.37. The maximum atomic E-state index is 12.5. The quantitative estimate of drug-likeness (QED) is 0.718. The molecule has 146 valence electrons. The number of rotatable bonds is 4. The van der Waals surface area contributed by atoms with Crippen molar-refractivity contribution in [2.45, 2.75) is 44.2 Å². The summed E-state index contributed by atoms with van der Waals surface area (Å²) < 4.78 is 11.1. The Morgan fingerprint density at radius 2 is 1.96 bits per heavy atom. The highest BCUT2D eigenvalue weighted by Gasteiger charge is 2.37.